The second-order valence-corrected chi connectivity index (χ2v) is 5.27. The Balaban J connectivity index is 1.93. The quantitative estimate of drug-likeness (QED) is 0.525. The molecule has 4 rings (SSSR count). The first kappa shape index (κ1) is 12.2. The van der Waals surface area contributed by atoms with E-state index in [-0.39, 0.29) is 6.61 Å². The second kappa shape index (κ2) is 4.46. The van der Waals surface area contributed by atoms with Gasteiger partial charge in [0.2, 0.25) is 0 Å². The van der Waals surface area contributed by atoms with Gasteiger partial charge in [0.15, 0.2) is 0 Å². The molecule has 0 amide bonds. The summed E-state index contributed by atoms with van der Waals surface area (Å²) in [6.45, 7) is 2.03. The molecule has 0 aliphatic heterocycles. The molecule has 0 atom stereocenters. The Kier molecular flexibility index (Phi) is 2.59. The lowest BCUT2D eigenvalue weighted by molar-refractivity contribution is 0.273. The van der Waals surface area contributed by atoms with Gasteiger partial charge in [0.1, 0.15) is 12.4 Å². The minimum Gasteiger partial charge on any atom is -0.388 e. The Morgan fingerprint density at radius 3 is 2.95 bits per heavy atom. The molecule has 2 heterocycles. The van der Waals surface area contributed by atoms with E-state index in [4.69, 9.17) is 5.11 Å². The van der Waals surface area contributed by atoms with Gasteiger partial charge in [-0.25, -0.2) is 4.98 Å². The number of H-pyrrole nitrogens is 2. The van der Waals surface area contributed by atoms with Crippen molar-refractivity contribution >= 4 is 21.9 Å². The smallest absolute Gasteiger partial charge is 0.133 e. The molecule has 4 nitrogen and oxygen atoms in total. The Labute approximate surface area is 121 Å². The number of aliphatic hydroxyl groups excluding tert-OH is 1. The van der Waals surface area contributed by atoms with Crippen LogP contribution in [0.1, 0.15) is 11.4 Å². The zero-order chi connectivity index (χ0) is 14.4. The SMILES string of the molecule is Cc1cccc2c(-c3ccc4nc(CO)[nH]c4c3)c[nH]c12. The second-order valence-electron chi connectivity index (χ2n) is 5.27. The number of nitrogens with one attached hydrogen (secondary N) is 2. The molecule has 3 N–H and O–H groups in total. The molecule has 0 spiro atoms. The first-order valence-corrected chi connectivity index (χ1v) is 6.93. The first-order chi connectivity index (χ1) is 10.3. The summed E-state index contributed by atoms with van der Waals surface area (Å²) in [5.41, 5.74) is 6.54. The third-order valence-corrected chi connectivity index (χ3v) is 3.92. The number of para-hydroxylation sites is 1. The van der Waals surface area contributed by atoms with Gasteiger partial charge in [-0.15, -0.1) is 0 Å². The van der Waals surface area contributed by atoms with Gasteiger partial charge in [0.05, 0.1) is 11.0 Å². The molecular weight excluding hydrogens is 262 g/mol. The number of aromatic amines is 2. The van der Waals surface area contributed by atoms with Crippen molar-refractivity contribution in [2.24, 2.45) is 0 Å². The Morgan fingerprint density at radius 2 is 2.10 bits per heavy atom. The van der Waals surface area contributed by atoms with E-state index in [0.717, 1.165) is 16.6 Å². The first-order valence-electron chi connectivity index (χ1n) is 6.93. The summed E-state index contributed by atoms with van der Waals surface area (Å²) in [5.74, 6) is 0.594. The highest BCUT2D eigenvalue weighted by Crippen LogP contribution is 2.31. The number of hydrogen-bond donors (Lipinski definition) is 3. The van der Waals surface area contributed by atoms with Crippen LogP contribution >= 0.6 is 0 Å². The molecule has 0 bridgehead atoms. The fraction of sp³-hybridized carbons (Fsp3) is 0.118. The molecule has 0 aliphatic rings. The molecule has 2 aromatic carbocycles. The van der Waals surface area contributed by atoms with E-state index >= 15 is 0 Å². The van der Waals surface area contributed by atoms with Crippen molar-refractivity contribution in [2.45, 2.75) is 13.5 Å². The number of aromatic nitrogens is 3. The van der Waals surface area contributed by atoms with E-state index in [1.807, 2.05) is 12.3 Å². The number of imidazole rings is 1. The van der Waals surface area contributed by atoms with Gasteiger partial charge in [0.25, 0.3) is 0 Å². The molecule has 4 aromatic rings. The van der Waals surface area contributed by atoms with Crippen LogP contribution in [-0.2, 0) is 6.61 Å². The molecule has 104 valence electrons. The average Bonchev–Trinajstić information content (AvgIpc) is 3.10. The maximum atomic E-state index is 9.17. The number of rotatable bonds is 2. The number of benzene rings is 2. The van der Waals surface area contributed by atoms with Crippen molar-refractivity contribution in [1.29, 1.82) is 0 Å². The lowest BCUT2D eigenvalue weighted by atomic mass is 10.0. The van der Waals surface area contributed by atoms with Gasteiger partial charge in [-0.3, -0.25) is 0 Å². The van der Waals surface area contributed by atoms with Gasteiger partial charge in [-0.1, -0.05) is 24.3 Å². The van der Waals surface area contributed by atoms with E-state index in [9.17, 15) is 0 Å². The van der Waals surface area contributed by atoms with E-state index < -0.39 is 0 Å². The van der Waals surface area contributed by atoms with Crippen LogP contribution in [-0.4, -0.2) is 20.1 Å². The Morgan fingerprint density at radius 1 is 1.19 bits per heavy atom. The molecule has 0 aliphatic carbocycles. The average molecular weight is 277 g/mol. The van der Waals surface area contributed by atoms with Crippen LogP contribution < -0.4 is 0 Å². The Hall–Kier alpha value is -2.59. The zero-order valence-electron chi connectivity index (χ0n) is 11.6. The van der Waals surface area contributed by atoms with Gasteiger partial charge in [-0.05, 0) is 30.2 Å². The summed E-state index contributed by atoms with van der Waals surface area (Å²) in [5, 5.41) is 10.4. The van der Waals surface area contributed by atoms with Gasteiger partial charge in [-0.2, -0.15) is 0 Å². The number of nitrogens with zero attached hydrogens (tertiary/aromatic N) is 1. The zero-order valence-corrected chi connectivity index (χ0v) is 11.6. The molecular formula is C17H15N3O. The number of fused-ring (bicyclic) bond motifs is 2. The van der Waals surface area contributed by atoms with Crippen LogP contribution in [0.5, 0.6) is 0 Å². The highest BCUT2D eigenvalue weighted by atomic mass is 16.3. The summed E-state index contributed by atoms with van der Waals surface area (Å²) < 4.78 is 0. The summed E-state index contributed by atoms with van der Waals surface area (Å²) in [7, 11) is 0. The van der Waals surface area contributed by atoms with Gasteiger partial charge < -0.3 is 15.1 Å². The molecule has 0 fully saturated rings. The largest absolute Gasteiger partial charge is 0.388 e. The molecule has 0 radical (unpaired) electrons. The predicted octanol–water partition coefficient (Wildman–Crippen LogP) is 3.51. The maximum Gasteiger partial charge on any atom is 0.133 e. The molecule has 4 heteroatoms. The van der Waals surface area contributed by atoms with Crippen LogP contribution in [0.3, 0.4) is 0 Å². The summed E-state index contributed by atoms with van der Waals surface area (Å²) >= 11 is 0. The van der Waals surface area contributed by atoms with E-state index in [0.29, 0.717) is 5.82 Å². The molecule has 21 heavy (non-hydrogen) atoms. The molecule has 2 aromatic heterocycles. The summed E-state index contributed by atoms with van der Waals surface area (Å²) in [4.78, 5) is 10.8. The van der Waals surface area contributed by atoms with Crippen LogP contribution in [0, 0.1) is 6.92 Å². The number of aryl methyl sites for hydroxylation is 1. The molecule has 0 saturated heterocycles. The van der Waals surface area contributed by atoms with Crippen molar-refractivity contribution in [3.8, 4) is 11.1 Å². The minimum atomic E-state index is -0.0731. The lowest BCUT2D eigenvalue weighted by Crippen LogP contribution is -1.83. The monoisotopic (exact) mass is 277 g/mol. The van der Waals surface area contributed by atoms with Crippen LogP contribution in [0.4, 0.5) is 0 Å². The van der Waals surface area contributed by atoms with E-state index in [2.05, 4.69) is 52.2 Å². The summed E-state index contributed by atoms with van der Waals surface area (Å²) in [6.07, 6.45) is 2.04. The van der Waals surface area contributed by atoms with Crippen molar-refractivity contribution in [3.05, 3.63) is 54.0 Å². The van der Waals surface area contributed by atoms with Crippen molar-refractivity contribution in [2.75, 3.05) is 0 Å². The predicted molar refractivity (Wildman–Crippen MR) is 84.0 cm³/mol. The molecule has 0 saturated carbocycles. The van der Waals surface area contributed by atoms with Crippen molar-refractivity contribution in [3.63, 3.8) is 0 Å². The minimum absolute atomic E-state index is 0.0731. The van der Waals surface area contributed by atoms with Crippen LogP contribution in [0.2, 0.25) is 0 Å². The fourth-order valence-electron chi connectivity index (χ4n) is 2.85. The highest BCUT2D eigenvalue weighted by Gasteiger charge is 2.09. The van der Waals surface area contributed by atoms with Crippen molar-refractivity contribution < 1.29 is 5.11 Å². The topological polar surface area (TPSA) is 64.7 Å². The number of aliphatic hydroxyl groups is 1. The van der Waals surface area contributed by atoms with Crippen LogP contribution in [0.15, 0.2) is 42.6 Å². The third-order valence-electron chi connectivity index (χ3n) is 3.92. The van der Waals surface area contributed by atoms with Crippen molar-refractivity contribution in [1.82, 2.24) is 15.0 Å². The number of hydrogen-bond acceptors (Lipinski definition) is 2. The Bertz CT molecular complexity index is 949. The van der Waals surface area contributed by atoms with Crippen LogP contribution in [0.25, 0.3) is 33.1 Å². The van der Waals surface area contributed by atoms with Gasteiger partial charge >= 0.3 is 0 Å². The highest BCUT2D eigenvalue weighted by molar-refractivity contribution is 5.98. The summed E-state index contributed by atoms with van der Waals surface area (Å²) in [6, 6.07) is 12.4. The van der Waals surface area contributed by atoms with Gasteiger partial charge in [0, 0.05) is 22.7 Å². The standard InChI is InChI=1S/C17H15N3O/c1-10-3-2-4-12-13(8-18-17(10)12)11-5-6-14-15(7-11)20-16(9-21)19-14/h2-8,18,21H,9H2,1H3,(H,19,20). The normalized spacial score (nSPS) is 11.5. The molecule has 0 unspecified atom stereocenters. The lowest BCUT2D eigenvalue weighted by Gasteiger charge is -2.01. The third kappa shape index (κ3) is 1.84. The van der Waals surface area contributed by atoms with E-state index in [1.54, 1.807) is 0 Å². The van der Waals surface area contributed by atoms with E-state index in [1.165, 1.54) is 22.0 Å². The maximum absolute atomic E-state index is 9.17. The fourth-order valence-corrected chi connectivity index (χ4v) is 2.85.